The van der Waals surface area contributed by atoms with Gasteiger partial charge in [-0.1, -0.05) is 6.42 Å². The summed E-state index contributed by atoms with van der Waals surface area (Å²) in [4.78, 5) is 16.5. The highest BCUT2D eigenvalue weighted by atomic mass is 19.4. The molecule has 0 radical (unpaired) electrons. The Morgan fingerprint density at radius 1 is 1.21 bits per heavy atom. The Morgan fingerprint density at radius 3 is 2.52 bits per heavy atom. The summed E-state index contributed by atoms with van der Waals surface area (Å²) in [5.74, 6) is -4.13. The molecule has 2 aromatic rings. The number of amides is 1. The van der Waals surface area contributed by atoms with Crippen LogP contribution in [0.3, 0.4) is 0 Å². The van der Waals surface area contributed by atoms with Gasteiger partial charge in [0.15, 0.2) is 11.3 Å². The first-order chi connectivity index (χ1) is 13.5. The number of carbonyl (C=O) groups is 1. The van der Waals surface area contributed by atoms with Crippen LogP contribution < -0.4 is 5.32 Å². The molecule has 2 heterocycles. The van der Waals surface area contributed by atoms with Crippen LogP contribution in [0.1, 0.15) is 54.5 Å². The Hall–Kier alpha value is -2.26. The number of aromatic nitrogens is 3. The minimum atomic E-state index is -5.79. The van der Waals surface area contributed by atoms with Crippen LogP contribution in [0.25, 0.3) is 5.65 Å². The number of nitrogens with zero attached hydrogens (tertiary/aromatic N) is 3. The molecule has 29 heavy (non-hydrogen) atoms. The number of halogens is 5. The van der Waals surface area contributed by atoms with E-state index in [4.69, 9.17) is 0 Å². The van der Waals surface area contributed by atoms with Crippen molar-refractivity contribution in [2.24, 2.45) is 17.8 Å². The highest BCUT2D eigenvalue weighted by Gasteiger charge is 2.60. The standard InChI is InChI=1S/C19H21F5N4O/c1-9-5-15(18(20,21)19(22,23)24)28-16(25-9)8-14(27-28)17(29)26-10(2)13-7-11-3-4-12(13)6-11/h5,8,10-13H,3-4,6-7H2,1-2H3,(H,26,29). The number of hydrogen-bond acceptors (Lipinski definition) is 3. The normalized spacial score (nSPS) is 25.6. The molecule has 2 aromatic heterocycles. The van der Waals surface area contributed by atoms with Gasteiger partial charge in [0, 0.05) is 17.8 Å². The van der Waals surface area contributed by atoms with E-state index in [1.807, 2.05) is 6.92 Å². The number of nitrogens with one attached hydrogen (secondary N) is 1. The molecule has 4 atom stereocenters. The molecule has 4 rings (SSSR count). The van der Waals surface area contributed by atoms with Gasteiger partial charge < -0.3 is 5.32 Å². The lowest BCUT2D eigenvalue weighted by atomic mass is 9.84. The Kier molecular flexibility index (Phi) is 4.58. The maximum absolute atomic E-state index is 14.0. The van der Waals surface area contributed by atoms with Crippen LogP contribution in [-0.4, -0.2) is 32.7 Å². The van der Waals surface area contributed by atoms with Crippen LogP contribution >= 0.6 is 0 Å². The molecule has 2 bridgehead atoms. The SMILES string of the molecule is Cc1cc(C(F)(F)C(F)(F)F)n2nc(C(=O)NC(C)C3CC4CCC3C4)cc2n1. The summed E-state index contributed by atoms with van der Waals surface area (Å²) < 4.78 is 67.0. The molecule has 1 N–H and O–H groups in total. The van der Waals surface area contributed by atoms with Gasteiger partial charge in [0.25, 0.3) is 5.91 Å². The highest BCUT2D eigenvalue weighted by Crippen LogP contribution is 2.49. The number of alkyl halides is 5. The zero-order valence-corrected chi connectivity index (χ0v) is 15.9. The van der Waals surface area contributed by atoms with Gasteiger partial charge >= 0.3 is 12.1 Å². The van der Waals surface area contributed by atoms with Crippen molar-refractivity contribution in [3.05, 3.63) is 29.2 Å². The smallest absolute Gasteiger partial charge is 0.348 e. The minimum Gasteiger partial charge on any atom is -0.348 e. The lowest BCUT2D eigenvalue weighted by Gasteiger charge is -2.28. The summed E-state index contributed by atoms with van der Waals surface area (Å²) in [7, 11) is 0. The van der Waals surface area contributed by atoms with Crippen molar-refractivity contribution in [3.63, 3.8) is 0 Å². The van der Waals surface area contributed by atoms with Gasteiger partial charge in [0.2, 0.25) is 0 Å². The highest BCUT2D eigenvalue weighted by molar-refractivity contribution is 5.93. The number of rotatable bonds is 4. The predicted octanol–water partition coefficient (Wildman–Crippen LogP) is 4.25. The van der Waals surface area contributed by atoms with E-state index in [0.29, 0.717) is 28.3 Å². The van der Waals surface area contributed by atoms with Gasteiger partial charge in [0.05, 0.1) is 0 Å². The Morgan fingerprint density at radius 2 is 1.93 bits per heavy atom. The van der Waals surface area contributed by atoms with Gasteiger partial charge in [-0.2, -0.15) is 27.1 Å². The molecule has 2 aliphatic rings. The van der Waals surface area contributed by atoms with Crippen LogP contribution in [0.4, 0.5) is 22.0 Å². The molecule has 0 saturated heterocycles. The maximum Gasteiger partial charge on any atom is 0.459 e. The number of carbonyl (C=O) groups excluding carboxylic acids is 1. The van der Waals surface area contributed by atoms with Crippen LogP contribution in [0, 0.1) is 24.7 Å². The third-order valence-corrected chi connectivity index (χ3v) is 6.26. The van der Waals surface area contributed by atoms with Crippen LogP contribution in [-0.2, 0) is 5.92 Å². The van der Waals surface area contributed by atoms with E-state index >= 15 is 0 Å². The zero-order chi connectivity index (χ0) is 21.1. The number of fused-ring (bicyclic) bond motifs is 3. The van der Waals surface area contributed by atoms with Crippen molar-refractivity contribution in [2.45, 2.75) is 57.7 Å². The summed E-state index contributed by atoms with van der Waals surface area (Å²) >= 11 is 0. The fourth-order valence-corrected chi connectivity index (χ4v) is 4.87. The maximum atomic E-state index is 14.0. The molecular weight excluding hydrogens is 395 g/mol. The van der Waals surface area contributed by atoms with Crippen molar-refractivity contribution in [2.75, 3.05) is 0 Å². The molecule has 0 aliphatic heterocycles. The van der Waals surface area contributed by atoms with E-state index in [1.165, 1.54) is 19.8 Å². The summed E-state index contributed by atoms with van der Waals surface area (Å²) in [5.41, 5.74) is -1.87. The number of hydrogen-bond donors (Lipinski definition) is 1. The van der Waals surface area contributed by atoms with Crippen molar-refractivity contribution in [3.8, 4) is 0 Å². The second-order valence-corrected chi connectivity index (χ2v) is 8.26. The summed E-state index contributed by atoms with van der Waals surface area (Å²) in [6.45, 7) is 3.20. The van der Waals surface area contributed by atoms with Crippen LogP contribution in [0.2, 0.25) is 0 Å². The van der Waals surface area contributed by atoms with E-state index in [1.54, 1.807) is 0 Å². The molecular formula is C19H21F5N4O. The van der Waals surface area contributed by atoms with Crippen molar-refractivity contribution < 1.29 is 26.7 Å². The van der Waals surface area contributed by atoms with Crippen molar-refractivity contribution in [1.82, 2.24) is 19.9 Å². The summed E-state index contributed by atoms with van der Waals surface area (Å²) in [6, 6.07) is 1.63. The molecule has 2 aliphatic carbocycles. The average molecular weight is 416 g/mol. The van der Waals surface area contributed by atoms with Gasteiger partial charge in [0.1, 0.15) is 5.69 Å². The van der Waals surface area contributed by atoms with E-state index in [2.05, 4.69) is 15.4 Å². The van der Waals surface area contributed by atoms with E-state index in [0.717, 1.165) is 18.9 Å². The topological polar surface area (TPSA) is 59.3 Å². The quantitative estimate of drug-likeness (QED) is 0.759. The monoisotopic (exact) mass is 416 g/mol. The fraction of sp³-hybridized carbons (Fsp3) is 0.632. The third kappa shape index (κ3) is 3.36. The fourth-order valence-electron chi connectivity index (χ4n) is 4.87. The molecule has 0 spiro atoms. The Balaban J connectivity index is 1.62. The summed E-state index contributed by atoms with van der Waals surface area (Å²) in [5, 5.41) is 6.56. The molecule has 10 heteroatoms. The molecule has 2 fully saturated rings. The van der Waals surface area contributed by atoms with E-state index in [9.17, 15) is 26.7 Å². The molecule has 5 nitrogen and oxygen atoms in total. The van der Waals surface area contributed by atoms with Gasteiger partial charge in [-0.05, 0) is 56.9 Å². The second kappa shape index (κ2) is 6.63. The lowest BCUT2D eigenvalue weighted by molar-refractivity contribution is -0.291. The van der Waals surface area contributed by atoms with E-state index in [-0.39, 0.29) is 23.1 Å². The predicted molar refractivity (Wildman–Crippen MR) is 93.5 cm³/mol. The van der Waals surface area contributed by atoms with Gasteiger partial charge in [-0.3, -0.25) is 4.79 Å². The Bertz CT molecular complexity index is 954. The summed E-state index contributed by atoms with van der Waals surface area (Å²) in [6.07, 6.45) is -1.23. The van der Waals surface area contributed by atoms with Crippen LogP contribution in [0.5, 0.6) is 0 Å². The molecule has 2 saturated carbocycles. The van der Waals surface area contributed by atoms with E-state index < -0.39 is 23.7 Å². The third-order valence-electron chi connectivity index (χ3n) is 6.26. The largest absolute Gasteiger partial charge is 0.459 e. The lowest BCUT2D eigenvalue weighted by Crippen LogP contribution is -2.40. The Labute approximate surface area is 163 Å². The molecule has 4 unspecified atom stereocenters. The van der Waals surface area contributed by atoms with Gasteiger partial charge in [-0.25, -0.2) is 9.50 Å². The average Bonchev–Trinajstić information content (AvgIpc) is 3.34. The molecule has 158 valence electrons. The van der Waals surface area contributed by atoms with Gasteiger partial charge in [-0.15, -0.1) is 0 Å². The van der Waals surface area contributed by atoms with Crippen molar-refractivity contribution in [1.29, 1.82) is 0 Å². The zero-order valence-electron chi connectivity index (χ0n) is 15.9. The van der Waals surface area contributed by atoms with Crippen molar-refractivity contribution >= 4 is 11.6 Å². The first-order valence-electron chi connectivity index (χ1n) is 9.60. The first-order valence-corrected chi connectivity index (χ1v) is 9.60. The molecule has 0 aromatic carbocycles. The number of aryl methyl sites for hydroxylation is 1. The van der Waals surface area contributed by atoms with Crippen LogP contribution in [0.15, 0.2) is 12.1 Å². The minimum absolute atomic E-state index is 0.0290. The molecule has 1 amide bonds. The second-order valence-electron chi connectivity index (χ2n) is 8.26. The first kappa shape index (κ1) is 20.0.